The summed E-state index contributed by atoms with van der Waals surface area (Å²) in [6.45, 7) is 1.71. The highest BCUT2D eigenvalue weighted by Gasteiger charge is 2.15. The van der Waals surface area contributed by atoms with Crippen LogP contribution < -0.4 is 15.8 Å². The third-order valence-corrected chi connectivity index (χ3v) is 3.70. The SMILES string of the molecule is CSc1ccc(OC(C)C(=O)Nc2ccccc2N)cc1. The zero-order chi connectivity index (χ0) is 15.2. The quantitative estimate of drug-likeness (QED) is 0.656. The van der Waals surface area contributed by atoms with Crippen LogP contribution >= 0.6 is 11.8 Å². The zero-order valence-electron chi connectivity index (χ0n) is 12.0. The van der Waals surface area contributed by atoms with Gasteiger partial charge in [-0.3, -0.25) is 4.79 Å². The van der Waals surface area contributed by atoms with Gasteiger partial charge in [0.2, 0.25) is 0 Å². The largest absolute Gasteiger partial charge is 0.481 e. The molecule has 0 radical (unpaired) electrons. The van der Waals surface area contributed by atoms with E-state index in [1.807, 2.05) is 42.7 Å². The number of hydrogen-bond acceptors (Lipinski definition) is 4. The monoisotopic (exact) mass is 302 g/mol. The van der Waals surface area contributed by atoms with E-state index in [1.54, 1.807) is 30.8 Å². The Bertz CT molecular complexity index is 614. The summed E-state index contributed by atoms with van der Waals surface area (Å²) in [6, 6.07) is 14.8. The van der Waals surface area contributed by atoms with Crippen molar-refractivity contribution in [3.8, 4) is 5.75 Å². The number of carbonyl (C=O) groups excluding carboxylic acids is 1. The molecule has 21 heavy (non-hydrogen) atoms. The average Bonchev–Trinajstić information content (AvgIpc) is 2.50. The fourth-order valence-corrected chi connectivity index (χ4v) is 2.17. The summed E-state index contributed by atoms with van der Waals surface area (Å²) >= 11 is 1.66. The Kier molecular flexibility index (Phi) is 5.11. The van der Waals surface area contributed by atoms with Crippen LogP contribution in [0.4, 0.5) is 11.4 Å². The van der Waals surface area contributed by atoms with Crippen molar-refractivity contribution < 1.29 is 9.53 Å². The normalized spacial score (nSPS) is 11.7. The standard InChI is InChI=1S/C16H18N2O2S/c1-11(20-12-7-9-13(21-2)10-8-12)16(19)18-15-6-4-3-5-14(15)17/h3-11H,17H2,1-2H3,(H,18,19). The van der Waals surface area contributed by atoms with Gasteiger partial charge in [0.25, 0.3) is 5.91 Å². The Morgan fingerprint density at radius 2 is 1.86 bits per heavy atom. The summed E-state index contributed by atoms with van der Waals surface area (Å²) in [5, 5.41) is 2.76. The Labute approximate surface area is 128 Å². The Morgan fingerprint density at radius 3 is 2.48 bits per heavy atom. The van der Waals surface area contributed by atoms with Crippen molar-refractivity contribution in [1.82, 2.24) is 0 Å². The molecule has 4 nitrogen and oxygen atoms in total. The highest BCUT2D eigenvalue weighted by atomic mass is 32.2. The van der Waals surface area contributed by atoms with Gasteiger partial charge >= 0.3 is 0 Å². The number of anilines is 2. The first kappa shape index (κ1) is 15.3. The average molecular weight is 302 g/mol. The Hall–Kier alpha value is -2.14. The molecule has 0 heterocycles. The summed E-state index contributed by atoms with van der Waals surface area (Å²) in [7, 11) is 0. The smallest absolute Gasteiger partial charge is 0.265 e. The van der Waals surface area contributed by atoms with Crippen molar-refractivity contribution in [2.45, 2.75) is 17.9 Å². The summed E-state index contributed by atoms with van der Waals surface area (Å²) in [6.07, 6.45) is 1.40. The van der Waals surface area contributed by atoms with Gasteiger partial charge in [0.05, 0.1) is 11.4 Å². The summed E-state index contributed by atoms with van der Waals surface area (Å²) < 4.78 is 5.63. The zero-order valence-corrected chi connectivity index (χ0v) is 12.8. The Morgan fingerprint density at radius 1 is 1.19 bits per heavy atom. The number of carbonyl (C=O) groups is 1. The lowest BCUT2D eigenvalue weighted by molar-refractivity contribution is -0.122. The van der Waals surface area contributed by atoms with Gasteiger partial charge in [0.15, 0.2) is 6.10 Å². The maximum Gasteiger partial charge on any atom is 0.265 e. The summed E-state index contributed by atoms with van der Waals surface area (Å²) in [5.74, 6) is 0.429. The van der Waals surface area contributed by atoms with Crippen LogP contribution in [0.2, 0.25) is 0 Å². The molecule has 1 unspecified atom stereocenters. The first-order valence-electron chi connectivity index (χ1n) is 6.56. The van der Waals surface area contributed by atoms with E-state index in [0.717, 1.165) is 4.90 Å². The molecule has 0 saturated heterocycles. The number of thioether (sulfide) groups is 1. The number of hydrogen-bond donors (Lipinski definition) is 2. The predicted molar refractivity (Wildman–Crippen MR) is 87.8 cm³/mol. The van der Waals surface area contributed by atoms with Crippen LogP contribution in [-0.4, -0.2) is 18.3 Å². The third kappa shape index (κ3) is 4.16. The van der Waals surface area contributed by atoms with Gasteiger partial charge in [0, 0.05) is 4.90 Å². The molecule has 110 valence electrons. The second kappa shape index (κ2) is 7.04. The van der Waals surface area contributed by atoms with Crippen molar-refractivity contribution in [2.75, 3.05) is 17.3 Å². The van der Waals surface area contributed by atoms with Gasteiger partial charge in [0.1, 0.15) is 5.75 Å². The fourth-order valence-electron chi connectivity index (χ4n) is 1.76. The molecule has 0 aromatic heterocycles. The van der Waals surface area contributed by atoms with Crippen LogP contribution in [0.5, 0.6) is 5.75 Å². The van der Waals surface area contributed by atoms with Crippen molar-refractivity contribution in [3.63, 3.8) is 0 Å². The van der Waals surface area contributed by atoms with E-state index in [4.69, 9.17) is 10.5 Å². The van der Waals surface area contributed by atoms with Crippen LogP contribution in [0.3, 0.4) is 0 Å². The van der Waals surface area contributed by atoms with Crippen LogP contribution in [0.15, 0.2) is 53.4 Å². The minimum absolute atomic E-state index is 0.234. The van der Waals surface area contributed by atoms with Gasteiger partial charge in [-0.2, -0.15) is 0 Å². The summed E-state index contributed by atoms with van der Waals surface area (Å²) in [5.41, 5.74) is 6.92. The van der Waals surface area contributed by atoms with Gasteiger partial charge in [-0.1, -0.05) is 12.1 Å². The molecule has 2 aromatic rings. The molecule has 0 fully saturated rings. The number of nitrogens with two attached hydrogens (primary N) is 1. The first-order valence-corrected chi connectivity index (χ1v) is 7.78. The highest BCUT2D eigenvalue weighted by Crippen LogP contribution is 2.21. The van der Waals surface area contributed by atoms with Crippen molar-refractivity contribution in [3.05, 3.63) is 48.5 Å². The molecule has 0 spiro atoms. The molecule has 2 rings (SSSR count). The number of nitrogen functional groups attached to an aromatic ring is 1. The van der Waals surface area contributed by atoms with Crippen molar-refractivity contribution in [1.29, 1.82) is 0 Å². The molecule has 5 heteroatoms. The van der Waals surface area contributed by atoms with Gasteiger partial charge in [-0.25, -0.2) is 0 Å². The number of para-hydroxylation sites is 2. The van der Waals surface area contributed by atoms with E-state index < -0.39 is 6.10 Å². The molecule has 1 amide bonds. The number of rotatable bonds is 5. The van der Waals surface area contributed by atoms with Crippen molar-refractivity contribution in [2.24, 2.45) is 0 Å². The van der Waals surface area contributed by atoms with E-state index in [9.17, 15) is 4.79 Å². The summed E-state index contributed by atoms with van der Waals surface area (Å²) in [4.78, 5) is 13.2. The molecule has 0 aliphatic rings. The maximum atomic E-state index is 12.1. The van der Waals surface area contributed by atoms with Gasteiger partial charge in [-0.05, 0) is 49.6 Å². The van der Waals surface area contributed by atoms with Crippen LogP contribution in [0, 0.1) is 0 Å². The topological polar surface area (TPSA) is 64.3 Å². The lowest BCUT2D eigenvalue weighted by Gasteiger charge is -2.15. The minimum Gasteiger partial charge on any atom is -0.481 e. The maximum absolute atomic E-state index is 12.1. The van der Waals surface area contributed by atoms with E-state index in [1.165, 1.54) is 0 Å². The van der Waals surface area contributed by atoms with Crippen LogP contribution in [-0.2, 0) is 4.79 Å². The number of nitrogens with one attached hydrogen (secondary N) is 1. The second-order valence-corrected chi connectivity index (χ2v) is 5.39. The predicted octanol–water partition coefficient (Wildman–Crippen LogP) is 3.40. The van der Waals surface area contributed by atoms with Crippen molar-refractivity contribution >= 4 is 29.0 Å². The molecule has 3 N–H and O–H groups in total. The molecule has 0 saturated carbocycles. The van der Waals surface area contributed by atoms with E-state index in [2.05, 4.69) is 5.32 Å². The minimum atomic E-state index is -0.607. The van der Waals surface area contributed by atoms with Gasteiger partial charge in [-0.15, -0.1) is 11.8 Å². The van der Waals surface area contributed by atoms with E-state index in [0.29, 0.717) is 17.1 Å². The molecule has 1 atom stereocenters. The van der Waals surface area contributed by atoms with E-state index >= 15 is 0 Å². The highest BCUT2D eigenvalue weighted by molar-refractivity contribution is 7.98. The van der Waals surface area contributed by atoms with Gasteiger partial charge < -0.3 is 15.8 Å². The molecular formula is C16H18N2O2S. The molecule has 0 aliphatic heterocycles. The van der Waals surface area contributed by atoms with Crippen LogP contribution in [0.1, 0.15) is 6.92 Å². The van der Waals surface area contributed by atoms with E-state index in [-0.39, 0.29) is 5.91 Å². The van der Waals surface area contributed by atoms with Crippen LogP contribution in [0.25, 0.3) is 0 Å². The lowest BCUT2D eigenvalue weighted by atomic mass is 10.2. The first-order chi connectivity index (χ1) is 10.1. The molecule has 2 aromatic carbocycles. The number of ether oxygens (including phenoxy) is 1. The second-order valence-electron chi connectivity index (χ2n) is 4.51. The molecule has 0 bridgehead atoms. The fraction of sp³-hybridized carbons (Fsp3) is 0.188. The third-order valence-electron chi connectivity index (χ3n) is 2.96. The molecular weight excluding hydrogens is 284 g/mol. The Balaban J connectivity index is 1.97. The lowest BCUT2D eigenvalue weighted by Crippen LogP contribution is -2.30. The number of benzene rings is 2. The molecule has 0 aliphatic carbocycles. The number of amides is 1.